The van der Waals surface area contributed by atoms with Crippen molar-refractivity contribution in [2.45, 2.75) is 36.3 Å². The second-order valence-corrected chi connectivity index (χ2v) is 15.5. The molecule has 4 aliphatic rings. The lowest BCUT2D eigenvalue weighted by Gasteiger charge is -2.49. The summed E-state index contributed by atoms with van der Waals surface area (Å²) in [7, 11) is -3.16. The van der Waals surface area contributed by atoms with Crippen LogP contribution in [0.25, 0.3) is 0 Å². The molecule has 0 radical (unpaired) electrons. The largest absolute Gasteiger partial charge is 0.425 e. The highest BCUT2D eigenvalue weighted by atomic mass is 35.5. The minimum absolute atomic E-state index is 0.308. The number of anilines is 2. The molecule has 0 bridgehead atoms. The zero-order chi connectivity index (χ0) is 29.7. The maximum Gasteiger partial charge on any atom is 0.425 e. The Balaban J connectivity index is 1.54. The maximum absolute atomic E-state index is 14.4. The van der Waals surface area contributed by atoms with Gasteiger partial charge in [-0.1, -0.05) is 35.0 Å². The van der Waals surface area contributed by atoms with Crippen LogP contribution in [0.4, 0.5) is 30.6 Å². The van der Waals surface area contributed by atoms with E-state index < -0.39 is 19.2 Å². The normalized spacial score (nSPS) is 21.8. The minimum atomic E-state index is -3.16. The fourth-order valence-corrected chi connectivity index (χ4v) is 11.1. The Kier molecular flexibility index (Phi) is 8.12. The van der Waals surface area contributed by atoms with Gasteiger partial charge in [-0.3, -0.25) is 0 Å². The number of carbonyl (C=O) groups is 1. The van der Waals surface area contributed by atoms with E-state index in [2.05, 4.69) is 15.6 Å². The van der Waals surface area contributed by atoms with Crippen LogP contribution in [0.5, 0.6) is 5.75 Å². The van der Waals surface area contributed by atoms with Crippen molar-refractivity contribution >= 4 is 70.8 Å². The zero-order valence-electron chi connectivity index (χ0n) is 23.1. The molecule has 1 saturated heterocycles. The van der Waals surface area contributed by atoms with Crippen LogP contribution in [0.3, 0.4) is 0 Å². The van der Waals surface area contributed by atoms with Crippen LogP contribution in [-0.4, -0.2) is 55.9 Å². The summed E-state index contributed by atoms with van der Waals surface area (Å²) in [6.45, 7) is 4.01. The Labute approximate surface area is 263 Å². The summed E-state index contributed by atoms with van der Waals surface area (Å²) in [5, 5.41) is 1.56. The van der Waals surface area contributed by atoms with Gasteiger partial charge in [0.25, 0.3) is 5.76 Å². The fraction of sp³-hybridized carbons (Fsp3) is 0.367. The molecule has 0 unspecified atom stereocenters. The molecule has 3 aromatic carbocycles. The van der Waals surface area contributed by atoms with E-state index in [1.165, 1.54) is 11.3 Å². The van der Waals surface area contributed by atoms with Gasteiger partial charge in [-0.2, -0.15) is 8.78 Å². The van der Waals surface area contributed by atoms with E-state index >= 15 is 0 Å². The summed E-state index contributed by atoms with van der Waals surface area (Å²) < 4.78 is 47.6. The Morgan fingerprint density at radius 2 is 1.67 bits per heavy atom. The monoisotopic (exact) mass is 664 g/mol. The molecule has 0 aliphatic carbocycles. The van der Waals surface area contributed by atoms with E-state index in [1.807, 2.05) is 0 Å². The molecule has 1 fully saturated rings. The van der Waals surface area contributed by atoms with Crippen LogP contribution < -0.4 is 19.6 Å². The number of carbonyl (C=O) groups excluding carboxylic acids is 1. The number of hydrogen-bond donors (Lipinski definition) is 0. The molecule has 43 heavy (non-hydrogen) atoms. The smallest absolute Gasteiger partial charge is 0.408 e. The molecule has 4 aliphatic heterocycles. The number of amides is 1. The number of ether oxygens (including phenoxy) is 2. The third-order valence-electron chi connectivity index (χ3n) is 8.26. The van der Waals surface area contributed by atoms with Crippen LogP contribution in [0.15, 0.2) is 58.2 Å². The molecule has 226 valence electrons. The van der Waals surface area contributed by atoms with Crippen molar-refractivity contribution in [1.82, 2.24) is 4.67 Å². The lowest BCUT2D eigenvalue weighted by Crippen LogP contribution is -2.50. The van der Waals surface area contributed by atoms with E-state index in [0.717, 1.165) is 49.6 Å². The first-order valence-electron chi connectivity index (χ1n) is 14.3. The van der Waals surface area contributed by atoms with Crippen molar-refractivity contribution in [2.75, 3.05) is 49.0 Å². The van der Waals surface area contributed by atoms with Gasteiger partial charge in [0.2, 0.25) is 0 Å². The van der Waals surface area contributed by atoms with Crippen molar-refractivity contribution in [2.24, 2.45) is 4.74 Å². The number of thioether (sulfide) groups is 1. The SMILES string of the molecule is O=C1Oc2c(cc3c4c2CCCN4CCC3)[P@@](=Nc2ccc(SC(F)F)cc2)(N2CCOCC2)N1c1ccc(Cl)c(Cl)c1. The number of benzene rings is 3. The molecule has 0 N–H and O–H groups in total. The van der Waals surface area contributed by atoms with Crippen molar-refractivity contribution < 1.29 is 23.0 Å². The van der Waals surface area contributed by atoms with Crippen LogP contribution in [0.1, 0.15) is 24.0 Å². The van der Waals surface area contributed by atoms with E-state index in [-0.39, 0.29) is 0 Å². The average Bonchev–Trinajstić information content (AvgIpc) is 3.01. The van der Waals surface area contributed by atoms with Crippen molar-refractivity contribution in [3.63, 3.8) is 0 Å². The summed E-state index contributed by atoms with van der Waals surface area (Å²) >= 11 is 13.3. The van der Waals surface area contributed by atoms with Crippen molar-refractivity contribution in [3.05, 3.63) is 69.7 Å². The van der Waals surface area contributed by atoms with Gasteiger partial charge in [0, 0.05) is 42.3 Å². The number of fused-ring (bicyclic) bond motifs is 2. The van der Waals surface area contributed by atoms with Crippen LogP contribution in [-0.2, 0) is 17.6 Å². The second kappa shape index (κ2) is 11.9. The van der Waals surface area contributed by atoms with Crippen LogP contribution >= 0.6 is 42.3 Å². The van der Waals surface area contributed by atoms with Crippen LogP contribution in [0.2, 0.25) is 10.0 Å². The zero-order valence-corrected chi connectivity index (χ0v) is 26.4. The Morgan fingerprint density at radius 1 is 0.930 bits per heavy atom. The highest BCUT2D eigenvalue weighted by molar-refractivity contribution is 7.99. The quantitative estimate of drug-likeness (QED) is 0.202. The first-order chi connectivity index (χ1) is 20.8. The molecule has 3 aromatic rings. The second-order valence-electron chi connectivity index (χ2n) is 10.8. The predicted octanol–water partition coefficient (Wildman–Crippen LogP) is 8.35. The minimum Gasteiger partial charge on any atom is -0.408 e. The number of rotatable bonds is 5. The van der Waals surface area contributed by atoms with Gasteiger partial charge < -0.3 is 14.4 Å². The molecule has 0 spiro atoms. The van der Waals surface area contributed by atoms with Gasteiger partial charge in [-0.05, 0) is 79.8 Å². The Morgan fingerprint density at radius 3 is 2.40 bits per heavy atom. The lowest BCUT2D eigenvalue weighted by molar-refractivity contribution is 0.0742. The third-order valence-corrected chi connectivity index (χ3v) is 13.4. The van der Waals surface area contributed by atoms with Gasteiger partial charge in [-0.25, -0.2) is 18.9 Å². The number of alkyl halides is 2. The van der Waals surface area contributed by atoms with Gasteiger partial charge in [0.05, 0.1) is 39.9 Å². The molecule has 1 atom stereocenters. The van der Waals surface area contributed by atoms with E-state index in [1.54, 1.807) is 47.1 Å². The number of aryl methyl sites for hydroxylation is 1. The summed E-state index contributed by atoms with van der Waals surface area (Å²) in [4.78, 5) is 17.2. The first-order valence-corrected chi connectivity index (χ1v) is 17.6. The molecule has 0 aromatic heterocycles. The average molecular weight is 666 g/mol. The highest BCUT2D eigenvalue weighted by Crippen LogP contribution is 2.64. The third kappa shape index (κ3) is 5.24. The number of nitrogens with zero attached hydrogens (tertiary/aromatic N) is 4. The van der Waals surface area contributed by atoms with Gasteiger partial charge in [0.15, 0.2) is 7.36 Å². The van der Waals surface area contributed by atoms with Gasteiger partial charge in [-0.15, -0.1) is 0 Å². The molecule has 4 heterocycles. The Bertz CT molecular complexity index is 1640. The number of hydrogen-bond acceptors (Lipinski definition) is 6. The predicted molar refractivity (Wildman–Crippen MR) is 170 cm³/mol. The molecule has 7 rings (SSSR count). The standard InChI is InChI=1S/C30H29Cl2F2N4O3PS/c31-24-10-7-21(18-25(24)32)38-30(39)41-28-23-4-2-12-36-11-1-3-19(27(23)36)17-26(28)42(38,37-13-15-40-16-14-37)35-20-5-8-22(9-6-20)43-29(33)34/h5-10,17-18,29H,1-4,11-16H2/t42-/m1/s1. The van der Waals surface area contributed by atoms with Gasteiger partial charge in [0.1, 0.15) is 5.75 Å². The summed E-state index contributed by atoms with van der Waals surface area (Å²) in [5.74, 6) is -1.93. The maximum atomic E-state index is 14.4. The summed E-state index contributed by atoms with van der Waals surface area (Å²) in [5.41, 5.74) is 4.60. The first kappa shape index (κ1) is 29.4. The number of halogens is 4. The molecular weight excluding hydrogens is 636 g/mol. The van der Waals surface area contributed by atoms with Gasteiger partial charge >= 0.3 is 6.09 Å². The van der Waals surface area contributed by atoms with Crippen molar-refractivity contribution in [3.8, 4) is 5.75 Å². The van der Waals surface area contributed by atoms with Crippen LogP contribution in [0, 0.1) is 0 Å². The fourth-order valence-electron chi connectivity index (χ4n) is 6.51. The summed E-state index contributed by atoms with van der Waals surface area (Å²) in [6.07, 6.45) is 3.22. The van der Waals surface area contributed by atoms with E-state index in [4.69, 9.17) is 37.4 Å². The topological polar surface area (TPSA) is 57.6 Å². The molecule has 0 saturated carbocycles. The molecule has 7 nitrogen and oxygen atoms in total. The molecular formula is C30H29Cl2F2N4O3PS. The molecule has 1 amide bonds. The Hall–Kier alpha value is -2.33. The number of morpholine rings is 1. The lowest BCUT2D eigenvalue weighted by atomic mass is 9.91. The summed E-state index contributed by atoms with van der Waals surface area (Å²) in [6, 6.07) is 14.1. The van der Waals surface area contributed by atoms with Crippen molar-refractivity contribution in [1.29, 1.82) is 0 Å². The highest BCUT2D eigenvalue weighted by Gasteiger charge is 2.49. The van der Waals surface area contributed by atoms with E-state index in [9.17, 15) is 13.6 Å². The van der Waals surface area contributed by atoms with E-state index in [0.29, 0.717) is 70.1 Å². The molecule has 13 heteroatoms.